The number of hydrogen-bond acceptors (Lipinski definition) is 2. The number of alkyl halides is 3. The summed E-state index contributed by atoms with van der Waals surface area (Å²) in [6.45, 7) is 1.93. The van der Waals surface area contributed by atoms with Crippen molar-refractivity contribution in [2.45, 2.75) is 11.2 Å². The van der Waals surface area contributed by atoms with Gasteiger partial charge < -0.3 is 10.2 Å². The summed E-state index contributed by atoms with van der Waals surface area (Å²) in [6.07, 6.45) is 0. The molecular weight excluding hydrogens is 258 g/mol. The van der Waals surface area contributed by atoms with Gasteiger partial charge in [-0.2, -0.15) is 0 Å². The largest absolute Gasteiger partial charge is 0.400 e. The van der Waals surface area contributed by atoms with Gasteiger partial charge in [0, 0.05) is 13.7 Å². The minimum absolute atomic E-state index is 0.250. The van der Waals surface area contributed by atoms with Crippen LogP contribution in [-0.2, 0) is 0 Å². The molecule has 0 fully saturated rings. The molecule has 1 rings (SSSR count). The summed E-state index contributed by atoms with van der Waals surface area (Å²) >= 11 is 14.4. The van der Waals surface area contributed by atoms with Crippen molar-refractivity contribution in [1.82, 2.24) is 0 Å². The van der Waals surface area contributed by atoms with Gasteiger partial charge in [0.2, 0.25) is 0 Å². The Labute approximate surface area is 106 Å². The Hall–Kier alpha value is 0.01000. The van der Waals surface area contributed by atoms with E-state index in [2.05, 4.69) is 0 Å². The second-order valence-corrected chi connectivity index (χ2v) is 3.70. The fourth-order valence-corrected chi connectivity index (χ4v) is 0.385. The molecule has 2 nitrogen and oxygen atoms in total. The monoisotopic (exact) mass is 274 g/mol. The average molecular weight is 276 g/mol. The fourth-order valence-electron chi connectivity index (χ4n) is 0.385. The van der Waals surface area contributed by atoms with Gasteiger partial charge in [-0.15, -0.1) is 0 Å². The SMILES string of the molecule is CCO.CO.ClC(Cl)Cl.c1ccccc1. The van der Waals surface area contributed by atoms with Crippen molar-refractivity contribution in [3.8, 4) is 0 Å². The molecule has 90 valence electrons. The lowest BCUT2D eigenvalue weighted by Gasteiger charge is -1.69. The first kappa shape index (κ1) is 20.4. The number of aliphatic hydroxyl groups is 2. The van der Waals surface area contributed by atoms with Crippen LogP contribution in [0.5, 0.6) is 0 Å². The molecule has 0 aliphatic carbocycles. The van der Waals surface area contributed by atoms with Gasteiger partial charge in [-0.25, -0.2) is 0 Å². The summed E-state index contributed by atoms with van der Waals surface area (Å²) in [5.41, 5.74) is 0. The maximum absolute atomic E-state index is 7.57. The van der Waals surface area contributed by atoms with E-state index >= 15 is 0 Å². The van der Waals surface area contributed by atoms with E-state index in [1.54, 1.807) is 6.92 Å². The third kappa shape index (κ3) is 55.9. The highest BCUT2D eigenvalue weighted by Crippen LogP contribution is 2.03. The third-order valence-corrected chi connectivity index (χ3v) is 0.667. The Morgan fingerprint density at radius 1 is 0.867 bits per heavy atom. The molecule has 0 atom stereocenters. The lowest BCUT2D eigenvalue weighted by Crippen LogP contribution is -1.57. The van der Waals surface area contributed by atoms with Crippen LogP contribution in [0.4, 0.5) is 0 Å². The van der Waals surface area contributed by atoms with Gasteiger partial charge in [-0.3, -0.25) is 0 Å². The van der Waals surface area contributed by atoms with Crippen LogP contribution >= 0.6 is 34.8 Å². The quantitative estimate of drug-likeness (QED) is 0.713. The molecule has 5 heteroatoms. The van der Waals surface area contributed by atoms with E-state index in [1.165, 1.54) is 0 Å². The van der Waals surface area contributed by atoms with Crippen molar-refractivity contribution in [3.63, 3.8) is 0 Å². The van der Waals surface area contributed by atoms with Crippen molar-refractivity contribution in [3.05, 3.63) is 36.4 Å². The third-order valence-electron chi connectivity index (χ3n) is 0.667. The van der Waals surface area contributed by atoms with E-state index in [-0.39, 0.29) is 6.61 Å². The zero-order valence-electron chi connectivity index (χ0n) is 8.78. The van der Waals surface area contributed by atoms with Gasteiger partial charge >= 0.3 is 0 Å². The lowest BCUT2D eigenvalue weighted by molar-refractivity contribution is 0.318. The van der Waals surface area contributed by atoms with Gasteiger partial charge in [0.1, 0.15) is 0 Å². The maximum Gasteiger partial charge on any atom is 0.180 e. The highest BCUT2D eigenvalue weighted by atomic mass is 35.6. The molecule has 0 bridgehead atoms. The van der Waals surface area contributed by atoms with E-state index in [0.29, 0.717) is 0 Å². The molecule has 2 N–H and O–H groups in total. The van der Waals surface area contributed by atoms with E-state index < -0.39 is 4.30 Å². The van der Waals surface area contributed by atoms with E-state index in [1.807, 2.05) is 36.4 Å². The first-order chi connectivity index (χ1) is 7.15. The number of benzene rings is 1. The molecule has 0 spiro atoms. The minimum atomic E-state index is -0.750. The predicted octanol–water partition coefficient (Wildman–Crippen LogP) is 3.28. The van der Waals surface area contributed by atoms with Gasteiger partial charge in [-0.05, 0) is 6.92 Å². The zero-order chi connectivity index (χ0) is 12.5. The Balaban J connectivity index is -0.000000142. The second kappa shape index (κ2) is 23.7. The maximum atomic E-state index is 7.57. The predicted molar refractivity (Wildman–Crippen MR) is 68.7 cm³/mol. The minimum Gasteiger partial charge on any atom is -0.400 e. The number of halogens is 3. The van der Waals surface area contributed by atoms with Crippen LogP contribution in [0, 0.1) is 0 Å². The Morgan fingerprint density at radius 2 is 0.933 bits per heavy atom. The molecular formula is C10H17Cl3O2. The first-order valence-electron chi connectivity index (χ1n) is 4.13. The molecule has 0 heterocycles. The van der Waals surface area contributed by atoms with Crippen LogP contribution in [0.2, 0.25) is 0 Å². The lowest BCUT2D eigenvalue weighted by atomic mass is 10.4. The number of rotatable bonds is 0. The highest BCUT2D eigenvalue weighted by molar-refractivity contribution is 6.63. The summed E-state index contributed by atoms with van der Waals surface area (Å²) in [7, 11) is 1.00. The Kier molecular flexibility index (Phi) is 32.2. The van der Waals surface area contributed by atoms with E-state index in [0.717, 1.165) is 7.11 Å². The summed E-state index contributed by atoms with van der Waals surface area (Å²) in [5, 5.41) is 14.6. The molecule has 0 aliphatic heterocycles. The molecule has 0 aromatic heterocycles. The fraction of sp³-hybridized carbons (Fsp3) is 0.400. The van der Waals surface area contributed by atoms with Crippen molar-refractivity contribution in [2.75, 3.05) is 13.7 Å². The van der Waals surface area contributed by atoms with Crippen LogP contribution < -0.4 is 0 Å². The zero-order valence-corrected chi connectivity index (χ0v) is 11.0. The summed E-state index contributed by atoms with van der Waals surface area (Å²) in [5.74, 6) is 0. The van der Waals surface area contributed by atoms with Gasteiger partial charge in [0.15, 0.2) is 4.30 Å². The van der Waals surface area contributed by atoms with E-state index in [4.69, 9.17) is 45.0 Å². The highest BCUT2D eigenvalue weighted by Gasteiger charge is 1.78. The molecule has 1 aromatic carbocycles. The molecule has 0 amide bonds. The summed E-state index contributed by atoms with van der Waals surface area (Å²) < 4.78 is -0.750. The topological polar surface area (TPSA) is 40.5 Å². The Bertz CT molecular complexity index is 131. The Morgan fingerprint density at radius 3 is 1.00 bits per heavy atom. The van der Waals surface area contributed by atoms with Gasteiger partial charge in [0.05, 0.1) is 0 Å². The smallest absolute Gasteiger partial charge is 0.180 e. The molecule has 15 heavy (non-hydrogen) atoms. The number of aliphatic hydroxyl groups excluding tert-OH is 2. The van der Waals surface area contributed by atoms with Crippen LogP contribution in [-0.4, -0.2) is 28.2 Å². The van der Waals surface area contributed by atoms with Gasteiger partial charge in [-0.1, -0.05) is 71.2 Å². The van der Waals surface area contributed by atoms with Crippen molar-refractivity contribution in [2.24, 2.45) is 0 Å². The van der Waals surface area contributed by atoms with Crippen molar-refractivity contribution in [1.29, 1.82) is 0 Å². The normalized spacial score (nSPS) is 7.20. The summed E-state index contributed by atoms with van der Waals surface area (Å²) in [4.78, 5) is 0. The standard InChI is InChI=1S/C6H6.C2H6O.CHCl3.CH4O/c1-2-4-6-5-3-1;1-2-3;2-1(3)4;1-2/h1-6H;3H,2H2,1H3;1H;2H,1H3. The van der Waals surface area contributed by atoms with Crippen LogP contribution in [0.3, 0.4) is 0 Å². The van der Waals surface area contributed by atoms with Crippen molar-refractivity contribution < 1.29 is 10.2 Å². The average Bonchev–Trinajstić information content (AvgIpc) is 2.24. The first-order valence-corrected chi connectivity index (χ1v) is 5.43. The van der Waals surface area contributed by atoms with Crippen LogP contribution in [0.15, 0.2) is 36.4 Å². The van der Waals surface area contributed by atoms with Crippen molar-refractivity contribution >= 4 is 34.8 Å². The molecule has 0 aliphatic rings. The molecule has 0 unspecified atom stereocenters. The van der Waals surface area contributed by atoms with Gasteiger partial charge in [0.25, 0.3) is 0 Å². The molecule has 1 aromatic rings. The number of hydrogen-bond donors (Lipinski definition) is 2. The van der Waals surface area contributed by atoms with E-state index in [9.17, 15) is 0 Å². The summed E-state index contributed by atoms with van der Waals surface area (Å²) in [6, 6.07) is 12.0. The van der Waals surface area contributed by atoms with Crippen LogP contribution in [0.1, 0.15) is 6.92 Å². The van der Waals surface area contributed by atoms with Crippen LogP contribution in [0.25, 0.3) is 0 Å². The molecule has 0 saturated carbocycles. The second-order valence-electron chi connectivity index (χ2n) is 1.72. The molecule has 0 saturated heterocycles. The molecule has 0 radical (unpaired) electrons.